The van der Waals surface area contributed by atoms with E-state index in [4.69, 9.17) is 0 Å². The van der Waals surface area contributed by atoms with Crippen LogP contribution >= 0.6 is 0 Å². The molecule has 0 aliphatic rings. The van der Waals surface area contributed by atoms with E-state index in [2.05, 4.69) is 27.6 Å². The van der Waals surface area contributed by atoms with Crippen molar-refractivity contribution in [1.29, 1.82) is 0 Å². The Labute approximate surface area is 124 Å². The van der Waals surface area contributed by atoms with Crippen molar-refractivity contribution >= 4 is 17.3 Å². The minimum atomic E-state index is -0.190. The van der Waals surface area contributed by atoms with E-state index in [1.54, 1.807) is 23.3 Å². The third-order valence-electron chi connectivity index (χ3n) is 3.02. The molecule has 0 saturated carbocycles. The molecular weight excluding hydrogens is 266 g/mol. The van der Waals surface area contributed by atoms with Gasteiger partial charge < -0.3 is 10.6 Å². The van der Waals surface area contributed by atoms with Crippen LogP contribution < -0.4 is 10.6 Å². The van der Waals surface area contributed by atoms with E-state index in [0.29, 0.717) is 11.3 Å². The van der Waals surface area contributed by atoms with Gasteiger partial charge in [0, 0.05) is 31.2 Å². The minimum Gasteiger partial charge on any atom is -0.384 e. The fourth-order valence-electron chi connectivity index (χ4n) is 1.87. The summed E-state index contributed by atoms with van der Waals surface area (Å²) in [5.74, 6) is -0.190. The van der Waals surface area contributed by atoms with Gasteiger partial charge in [-0.05, 0) is 26.3 Å². The number of aromatic nitrogens is 3. The highest BCUT2D eigenvalue weighted by Crippen LogP contribution is 2.17. The van der Waals surface area contributed by atoms with Crippen LogP contribution in [0.5, 0.6) is 0 Å². The van der Waals surface area contributed by atoms with E-state index in [-0.39, 0.29) is 11.9 Å². The Hall–Kier alpha value is -2.37. The largest absolute Gasteiger partial charge is 0.384 e. The van der Waals surface area contributed by atoms with Gasteiger partial charge in [0.15, 0.2) is 0 Å². The van der Waals surface area contributed by atoms with Gasteiger partial charge in [-0.15, -0.1) is 0 Å². The fraction of sp³-hybridized carbons (Fsp3) is 0.400. The number of nitrogens with zero attached hydrogens (tertiary/aromatic N) is 3. The lowest BCUT2D eigenvalue weighted by Crippen LogP contribution is -2.15. The zero-order chi connectivity index (χ0) is 15.2. The predicted octanol–water partition coefficient (Wildman–Crippen LogP) is 2.93. The second-order valence-corrected chi connectivity index (χ2v) is 5.10. The molecule has 0 unspecified atom stereocenters. The van der Waals surface area contributed by atoms with Gasteiger partial charge in [-0.2, -0.15) is 5.10 Å². The SMILES string of the molecule is CCCNc1ccncc1C(=O)Nc1cnn(C(C)C)c1. The first-order valence-electron chi connectivity index (χ1n) is 7.15. The van der Waals surface area contributed by atoms with Crippen molar-refractivity contribution in [2.75, 3.05) is 17.2 Å². The van der Waals surface area contributed by atoms with Crippen molar-refractivity contribution in [2.45, 2.75) is 33.2 Å². The topological polar surface area (TPSA) is 71.8 Å². The van der Waals surface area contributed by atoms with Crippen LogP contribution in [0.4, 0.5) is 11.4 Å². The molecule has 1 amide bonds. The quantitative estimate of drug-likeness (QED) is 0.857. The van der Waals surface area contributed by atoms with Crippen molar-refractivity contribution in [3.63, 3.8) is 0 Å². The molecule has 6 heteroatoms. The zero-order valence-corrected chi connectivity index (χ0v) is 12.6. The van der Waals surface area contributed by atoms with Crippen molar-refractivity contribution in [1.82, 2.24) is 14.8 Å². The summed E-state index contributed by atoms with van der Waals surface area (Å²) in [6, 6.07) is 2.07. The summed E-state index contributed by atoms with van der Waals surface area (Å²) < 4.78 is 1.80. The van der Waals surface area contributed by atoms with Crippen molar-refractivity contribution in [2.24, 2.45) is 0 Å². The maximum Gasteiger partial charge on any atom is 0.259 e. The standard InChI is InChI=1S/C15H21N5O/c1-4-6-17-14-5-7-16-9-13(14)15(21)19-12-8-18-20(10-12)11(2)3/h5,7-11H,4,6H2,1-3H3,(H,16,17)(H,19,21). The highest BCUT2D eigenvalue weighted by atomic mass is 16.1. The van der Waals surface area contributed by atoms with Gasteiger partial charge in [0.25, 0.3) is 5.91 Å². The van der Waals surface area contributed by atoms with E-state index < -0.39 is 0 Å². The number of pyridine rings is 1. The number of nitrogens with one attached hydrogen (secondary N) is 2. The number of rotatable bonds is 6. The third-order valence-corrected chi connectivity index (χ3v) is 3.02. The fourth-order valence-corrected chi connectivity index (χ4v) is 1.87. The Morgan fingerprint density at radius 3 is 2.86 bits per heavy atom. The van der Waals surface area contributed by atoms with Gasteiger partial charge in [0.1, 0.15) is 0 Å². The number of anilines is 2. The Kier molecular flexibility index (Phi) is 4.92. The summed E-state index contributed by atoms with van der Waals surface area (Å²) in [7, 11) is 0. The van der Waals surface area contributed by atoms with E-state index in [9.17, 15) is 4.79 Å². The Morgan fingerprint density at radius 1 is 1.38 bits per heavy atom. The van der Waals surface area contributed by atoms with Crippen LogP contribution in [0.15, 0.2) is 30.9 Å². The van der Waals surface area contributed by atoms with Gasteiger partial charge >= 0.3 is 0 Å². The molecule has 0 radical (unpaired) electrons. The van der Waals surface area contributed by atoms with Crippen LogP contribution in [0.25, 0.3) is 0 Å². The summed E-state index contributed by atoms with van der Waals surface area (Å²) in [5, 5.41) is 10.3. The summed E-state index contributed by atoms with van der Waals surface area (Å²) in [6.45, 7) is 6.96. The molecule has 0 aliphatic heterocycles. The molecule has 2 aromatic rings. The van der Waals surface area contributed by atoms with Crippen LogP contribution in [0.3, 0.4) is 0 Å². The summed E-state index contributed by atoms with van der Waals surface area (Å²) >= 11 is 0. The van der Waals surface area contributed by atoms with E-state index >= 15 is 0 Å². The lowest BCUT2D eigenvalue weighted by atomic mass is 10.2. The second-order valence-electron chi connectivity index (χ2n) is 5.10. The number of carbonyl (C=O) groups is 1. The molecular formula is C15H21N5O. The molecule has 0 fully saturated rings. The molecule has 112 valence electrons. The van der Waals surface area contributed by atoms with Crippen molar-refractivity contribution < 1.29 is 4.79 Å². The van der Waals surface area contributed by atoms with Crippen LogP contribution in [0.2, 0.25) is 0 Å². The maximum absolute atomic E-state index is 12.3. The molecule has 0 atom stereocenters. The molecule has 0 aliphatic carbocycles. The molecule has 0 saturated heterocycles. The number of hydrogen-bond donors (Lipinski definition) is 2. The molecule has 0 spiro atoms. The summed E-state index contributed by atoms with van der Waals surface area (Å²) in [4.78, 5) is 16.4. The lowest BCUT2D eigenvalue weighted by Gasteiger charge is -2.10. The van der Waals surface area contributed by atoms with Crippen LogP contribution in [0.1, 0.15) is 43.6 Å². The molecule has 2 N–H and O–H groups in total. The first-order valence-corrected chi connectivity index (χ1v) is 7.15. The molecule has 6 nitrogen and oxygen atoms in total. The van der Waals surface area contributed by atoms with E-state index in [1.807, 2.05) is 26.1 Å². The van der Waals surface area contributed by atoms with Gasteiger partial charge in [0.05, 0.1) is 23.1 Å². The predicted molar refractivity (Wildman–Crippen MR) is 83.6 cm³/mol. The number of amides is 1. The minimum absolute atomic E-state index is 0.190. The Bertz CT molecular complexity index is 606. The molecule has 0 aromatic carbocycles. The number of carbonyl (C=O) groups excluding carboxylic acids is 1. The van der Waals surface area contributed by atoms with E-state index in [0.717, 1.165) is 18.7 Å². The van der Waals surface area contributed by atoms with Crippen molar-refractivity contribution in [3.8, 4) is 0 Å². The van der Waals surface area contributed by atoms with E-state index in [1.165, 1.54) is 0 Å². The van der Waals surface area contributed by atoms with Gasteiger partial charge in [-0.1, -0.05) is 6.92 Å². The average Bonchev–Trinajstić information content (AvgIpc) is 2.94. The molecule has 21 heavy (non-hydrogen) atoms. The Morgan fingerprint density at radius 2 is 2.19 bits per heavy atom. The molecule has 2 rings (SSSR count). The highest BCUT2D eigenvalue weighted by Gasteiger charge is 2.12. The molecule has 2 heterocycles. The van der Waals surface area contributed by atoms with Crippen molar-refractivity contribution in [3.05, 3.63) is 36.4 Å². The van der Waals surface area contributed by atoms with Gasteiger partial charge in [-0.25, -0.2) is 0 Å². The van der Waals surface area contributed by atoms with Crippen LogP contribution in [-0.2, 0) is 0 Å². The molecule has 2 aromatic heterocycles. The van der Waals surface area contributed by atoms with Gasteiger partial charge in [-0.3, -0.25) is 14.5 Å². The first kappa shape index (κ1) is 15.0. The summed E-state index contributed by atoms with van der Waals surface area (Å²) in [5.41, 5.74) is 2.00. The number of hydrogen-bond acceptors (Lipinski definition) is 4. The summed E-state index contributed by atoms with van der Waals surface area (Å²) in [6.07, 6.45) is 7.70. The zero-order valence-electron chi connectivity index (χ0n) is 12.6. The van der Waals surface area contributed by atoms with Crippen LogP contribution in [0, 0.1) is 0 Å². The average molecular weight is 287 g/mol. The lowest BCUT2D eigenvalue weighted by molar-refractivity contribution is 0.102. The van der Waals surface area contributed by atoms with Crippen LogP contribution in [-0.4, -0.2) is 27.2 Å². The Balaban J connectivity index is 2.12. The third kappa shape index (κ3) is 3.81. The maximum atomic E-state index is 12.3. The highest BCUT2D eigenvalue weighted by molar-refractivity contribution is 6.07. The smallest absolute Gasteiger partial charge is 0.259 e. The second kappa shape index (κ2) is 6.88. The monoisotopic (exact) mass is 287 g/mol. The normalized spacial score (nSPS) is 10.7. The molecule has 0 bridgehead atoms. The first-order chi connectivity index (χ1) is 10.1. The van der Waals surface area contributed by atoms with Gasteiger partial charge in [0.2, 0.25) is 0 Å².